The number of hydrogen-bond donors (Lipinski definition) is 1. The molecule has 0 radical (unpaired) electrons. The molecule has 27 heavy (non-hydrogen) atoms. The molecular formula is C18H19N3O6. The number of nitro benzene ring substituents is 1. The van der Waals surface area contributed by atoms with Gasteiger partial charge >= 0.3 is 6.09 Å². The first-order chi connectivity index (χ1) is 12.5. The van der Waals surface area contributed by atoms with Crippen LogP contribution in [0.15, 0.2) is 18.2 Å². The van der Waals surface area contributed by atoms with Crippen LogP contribution >= 0.6 is 0 Å². The van der Waals surface area contributed by atoms with Crippen molar-refractivity contribution in [3.05, 3.63) is 39.4 Å². The van der Waals surface area contributed by atoms with Gasteiger partial charge in [0.2, 0.25) is 0 Å². The topological polar surface area (TPSA) is 119 Å². The van der Waals surface area contributed by atoms with Crippen LogP contribution in [0.25, 0.3) is 0 Å². The smallest absolute Gasteiger partial charge is 0.408 e. The van der Waals surface area contributed by atoms with E-state index in [4.69, 9.17) is 4.74 Å². The average Bonchev–Trinajstić information content (AvgIpc) is 2.71. The minimum atomic E-state index is -0.628. The maximum atomic E-state index is 12.7. The molecule has 0 unspecified atom stereocenters. The van der Waals surface area contributed by atoms with Gasteiger partial charge in [-0.25, -0.2) is 4.79 Å². The molecule has 0 aromatic heterocycles. The fourth-order valence-electron chi connectivity index (χ4n) is 4.40. The fourth-order valence-corrected chi connectivity index (χ4v) is 4.40. The lowest BCUT2D eigenvalue weighted by molar-refractivity contribution is -0.384. The Labute approximate surface area is 154 Å². The maximum absolute atomic E-state index is 12.7. The van der Waals surface area contributed by atoms with Crippen molar-refractivity contribution in [1.82, 2.24) is 10.2 Å². The molecule has 0 spiro atoms. The zero-order chi connectivity index (χ0) is 19.8. The molecule has 4 aliphatic rings. The number of carbonyl (C=O) groups is 3. The Bertz CT molecular complexity index is 896. The lowest BCUT2D eigenvalue weighted by atomic mass is 9.43. The summed E-state index contributed by atoms with van der Waals surface area (Å²) in [6, 6.07) is 3.70. The second-order valence-corrected chi connectivity index (χ2v) is 8.59. The number of nitrogens with zero attached hydrogens (tertiary/aromatic N) is 2. The summed E-state index contributed by atoms with van der Waals surface area (Å²) in [6.45, 7) is 5.32. The monoisotopic (exact) mass is 373 g/mol. The summed E-state index contributed by atoms with van der Waals surface area (Å²) in [5.41, 5.74) is -1.67. The predicted molar refractivity (Wildman–Crippen MR) is 92.3 cm³/mol. The van der Waals surface area contributed by atoms with Crippen LogP contribution in [0.4, 0.5) is 10.5 Å². The van der Waals surface area contributed by atoms with E-state index in [1.165, 1.54) is 17.0 Å². The van der Waals surface area contributed by atoms with Gasteiger partial charge in [-0.15, -0.1) is 0 Å². The van der Waals surface area contributed by atoms with E-state index in [2.05, 4.69) is 5.32 Å². The number of alkyl carbamates (subject to hydrolysis) is 1. The normalized spacial score (nSPS) is 28.2. The summed E-state index contributed by atoms with van der Waals surface area (Å²) in [6.07, 6.45) is 0.876. The van der Waals surface area contributed by atoms with Crippen molar-refractivity contribution in [2.75, 3.05) is 0 Å². The van der Waals surface area contributed by atoms with Gasteiger partial charge in [0.15, 0.2) is 0 Å². The van der Waals surface area contributed by atoms with Gasteiger partial charge in [-0.2, -0.15) is 0 Å². The van der Waals surface area contributed by atoms with Crippen LogP contribution in [0, 0.1) is 10.1 Å². The summed E-state index contributed by atoms with van der Waals surface area (Å²) < 4.78 is 5.26. The van der Waals surface area contributed by atoms with Crippen molar-refractivity contribution < 1.29 is 24.0 Å². The number of ether oxygens (including phenoxy) is 1. The van der Waals surface area contributed by atoms with Gasteiger partial charge in [0, 0.05) is 12.1 Å². The van der Waals surface area contributed by atoms with Crippen LogP contribution in [-0.2, 0) is 4.74 Å². The number of hydrogen-bond acceptors (Lipinski definition) is 6. The lowest BCUT2D eigenvalue weighted by Crippen LogP contribution is -2.84. The summed E-state index contributed by atoms with van der Waals surface area (Å²) in [5.74, 6) is -0.945. The highest BCUT2D eigenvalue weighted by Crippen LogP contribution is 2.64. The highest BCUT2D eigenvalue weighted by atomic mass is 16.6. The highest BCUT2D eigenvalue weighted by molar-refractivity contribution is 6.22. The Kier molecular flexibility index (Phi) is 3.26. The Hall–Kier alpha value is -2.97. The van der Waals surface area contributed by atoms with E-state index in [1.807, 2.05) is 0 Å². The highest BCUT2D eigenvalue weighted by Gasteiger charge is 2.74. The number of carbonyl (C=O) groups excluding carboxylic acids is 3. The molecule has 3 aliphatic carbocycles. The molecule has 1 aromatic carbocycles. The molecule has 9 heteroatoms. The molecule has 0 saturated heterocycles. The van der Waals surface area contributed by atoms with E-state index in [1.54, 1.807) is 20.8 Å². The second-order valence-electron chi connectivity index (χ2n) is 8.59. The number of nitrogens with one attached hydrogen (secondary N) is 1. The first kappa shape index (κ1) is 17.4. The zero-order valence-electron chi connectivity index (χ0n) is 15.2. The molecule has 2 bridgehead atoms. The van der Waals surface area contributed by atoms with Crippen LogP contribution < -0.4 is 5.32 Å². The van der Waals surface area contributed by atoms with Crippen LogP contribution in [-0.4, -0.2) is 44.4 Å². The van der Waals surface area contributed by atoms with Crippen LogP contribution in [0.2, 0.25) is 0 Å². The van der Waals surface area contributed by atoms with Gasteiger partial charge in [0.25, 0.3) is 17.5 Å². The summed E-state index contributed by atoms with van der Waals surface area (Å²) in [5, 5.41) is 13.8. The second kappa shape index (κ2) is 5.05. The van der Waals surface area contributed by atoms with Crippen LogP contribution in [0.1, 0.15) is 60.7 Å². The Balaban J connectivity index is 1.48. The van der Waals surface area contributed by atoms with Gasteiger partial charge in [-0.3, -0.25) is 24.6 Å². The summed E-state index contributed by atoms with van der Waals surface area (Å²) in [7, 11) is 0. The number of non-ortho nitro benzene ring substituents is 1. The van der Waals surface area contributed by atoms with Gasteiger partial charge in [-0.1, -0.05) is 0 Å². The molecular weight excluding hydrogens is 354 g/mol. The third-order valence-electron chi connectivity index (χ3n) is 5.32. The molecule has 1 N–H and O–H groups in total. The number of amides is 3. The van der Waals surface area contributed by atoms with Gasteiger partial charge < -0.3 is 10.1 Å². The molecule has 1 aromatic rings. The molecule has 1 heterocycles. The zero-order valence-corrected chi connectivity index (χ0v) is 15.2. The van der Waals surface area contributed by atoms with Gasteiger partial charge in [-0.05, 0) is 46.1 Å². The van der Waals surface area contributed by atoms with Crippen LogP contribution in [0.5, 0.6) is 0 Å². The average molecular weight is 373 g/mol. The Morgan fingerprint density at radius 1 is 1.19 bits per heavy atom. The molecule has 142 valence electrons. The molecule has 3 saturated carbocycles. The standard InChI is InChI=1S/C18H19N3O6/c1-16(2,3)27-15(24)19-17-7-18(8-17,9-17)20-13(22)11-5-4-10(21(25)26)6-12(11)14(20)23/h4-6H,7-9H2,1-3H3,(H,19,24). The van der Waals surface area contributed by atoms with Crippen molar-refractivity contribution in [2.45, 2.75) is 56.7 Å². The minimum absolute atomic E-state index is 0.0630. The molecule has 1 aliphatic heterocycles. The largest absolute Gasteiger partial charge is 0.444 e. The van der Waals surface area contributed by atoms with E-state index in [0.717, 1.165) is 6.07 Å². The number of rotatable bonds is 3. The van der Waals surface area contributed by atoms with Crippen molar-refractivity contribution in [3.8, 4) is 0 Å². The number of imide groups is 1. The van der Waals surface area contributed by atoms with Gasteiger partial charge in [0.05, 0.1) is 27.1 Å². The van der Waals surface area contributed by atoms with Gasteiger partial charge in [0.1, 0.15) is 5.60 Å². The van der Waals surface area contributed by atoms with Crippen LogP contribution in [0.3, 0.4) is 0 Å². The fraction of sp³-hybridized carbons (Fsp3) is 0.500. The van der Waals surface area contributed by atoms with E-state index in [0.29, 0.717) is 19.3 Å². The van der Waals surface area contributed by atoms with Crippen molar-refractivity contribution in [3.63, 3.8) is 0 Å². The molecule has 3 amide bonds. The first-order valence-electron chi connectivity index (χ1n) is 8.64. The van der Waals surface area contributed by atoms with Crippen molar-refractivity contribution >= 4 is 23.6 Å². The molecule has 0 atom stereocenters. The summed E-state index contributed by atoms with van der Waals surface area (Å²) in [4.78, 5) is 48.9. The minimum Gasteiger partial charge on any atom is -0.444 e. The molecule has 3 fully saturated rings. The lowest BCUT2D eigenvalue weighted by Gasteiger charge is -2.72. The third-order valence-corrected chi connectivity index (χ3v) is 5.32. The molecule has 9 nitrogen and oxygen atoms in total. The van der Waals surface area contributed by atoms with E-state index in [-0.39, 0.29) is 16.8 Å². The number of nitro groups is 1. The quantitative estimate of drug-likeness (QED) is 0.494. The van der Waals surface area contributed by atoms with Crippen molar-refractivity contribution in [2.24, 2.45) is 0 Å². The predicted octanol–water partition coefficient (Wildman–Crippen LogP) is 2.39. The Morgan fingerprint density at radius 3 is 2.33 bits per heavy atom. The van der Waals surface area contributed by atoms with E-state index in [9.17, 15) is 24.5 Å². The first-order valence-corrected chi connectivity index (χ1v) is 8.64. The SMILES string of the molecule is CC(C)(C)OC(=O)NC12CC(N3C(=O)c4ccc([N+](=O)[O-])cc4C3=O)(C1)C2. The van der Waals surface area contributed by atoms with E-state index >= 15 is 0 Å². The van der Waals surface area contributed by atoms with Crippen molar-refractivity contribution in [1.29, 1.82) is 0 Å². The maximum Gasteiger partial charge on any atom is 0.408 e. The molecule has 5 rings (SSSR count). The third kappa shape index (κ3) is 2.48. The number of benzene rings is 1. The summed E-state index contributed by atoms with van der Waals surface area (Å²) >= 11 is 0. The number of fused-ring (bicyclic) bond motifs is 1. The van der Waals surface area contributed by atoms with E-state index < -0.39 is 39.5 Å². The Morgan fingerprint density at radius 2 is 1.78 bits per heavy atom.